The van der Waals surface area contributed by atoms with Crippen LogP contribution in [0.4, 0.5) is 0 Å². The molecule has 0 radical (unpaired) electrons. The van der Waals surface area contributed by atoms with E-state index in [9.17, 15) is 9.59 Å². The number of esters is 2. The molecule has 0 aliphatic heterocycles. The molecule has 0 fully saturated rings. The molecule has 0 unspecified atom stereocenters. The molecule has 0 saturated carbocycles. The van der Waals surface area contributed by atoms with Crippen LogP contribution in [-0.2, 0) is 19.1 Å². The number of nitrogens with one attached hydrogen (secondary N) is 1. The van der Waals surface area contributed by atoms with Gasteiger partial charge in [-0.2, -0.15) is 0 Å². The maximum Gasteiger partial charge on any atom is 0.332 e. The number of allylic oxidation sites excluding steroid dienone is 1. The van der Waals surface area contributed by atoms with Crippen molar-refractivity contribution in [3.05, 3.63) is 24.4 Å². The number of carbonyl (C=O) groups excluding carboxylic acids is 2. The first-order valence-electron chi connectivity index (χ1n) is 5.66. The molecule has 18 heavy (non-hydrogen) atoms. The highest BCUT2D eigenvalue weighted by Crippen LogP contribution is 2.06. The minimum absolute atomic E-state index is 0.00828. The third-order valence-corrected chi connectivity index (χ3v) is 1.61. The number of rotatable bonds is 6. The van der Waals surface area contributed by atoms with Crippen LogP contribution in [0.2, 0.25) is 0 Å². The van der Waals surface area contributed by atoms with Crippen LogP contribution in [0.15, 0.2) is 24.4 Å². The van der Waals surface area contributed by atoms with E-state index in [2.05, 4.69) is 11.9 Å². The second-order valence-electron chi connectivity index (χ2n) is 4.69. The van der Waals surface area contributed by atoms with Gasteiger partial charge in [0.1, 0.15) is 18.8 Å². The van der Waals surface area contributed by atoms with Crippen molar-refractivity contribution in [2.45, 2.75) is 33.3 Å². The molecular formula is C13H21NO4. The van der Waals surface area contributed by atoms with Crippen LogP contribution in [0.3, 0.4) is 0 Å². The monoisotopic (exact) mass is 255 g/mol. The third kappa shape index (κ3) is 9.45. The molecule has 0 spiro atoms. The van der Waals surface area contributed by atoms with Gasteiger partial charge in [0.05, 0.1) is 0 Å². The highest BCUT2D eigenvalue weighted by Gasteiger charge is 2.15. The van der Waals surface area contributed by atoms with Gasteiger partial charge in [-0.1, -0.05) is 12.7 Å². The Bertz CT molecular complexity index is 339. The van der Waals surface area contributed by atoms with Gasteiger partial charge in [0.25, 0.3) is 0 Å². The quantitative estimate of drug-likeness (QED) is 0.443. The largest absolute Gasteiger partial charge is 0.459 e. The van der Waals surface area contributed by atoms with Crippen molar-refractivity contribution >= 4 is 11.9 Å². The van der Waals surface area contributed by atoms with Crippen molar-refractivity contribution in [3.63, 3.8) is 0 Å². The Kier molecular flexibility index (Phi) is 6.78. The zero-order valence-corrected chi connectivity index (χ0v) is 11.4. The molecule has 0 bridgehead atoms. The molecule has 0 heterocycles. The van der Waals surface area contributed by atoms with E-state index < -0.39 is 11.6 Å². The van der Waals surface area contributed by atoms with E-state index in [1.807, 2.05) is 0 Å². The van der Waals surface area contributed by atoms with Crippen LogP contribution in [0, 0.1) is 0 Å². The summed E-state index contributed by atoms with van der Waals surface area (Å²) < 4.78 is 9.86. The first kappa shape index (κ1) is 16.2. The fourth-order valence-corrected chi connectivity index (χ4v) is 1.000. The van der Waals surface area contributed by atoms with Gasteiger partial charge >= 0.3 is 11.9 Å². The average molecular weight is 255 g/mol. The van der Waals surface area contributed by atoms with Crippen molar-refractivity contribution < 1.29 is 19.1 Å². The molecule has 5 nitrogen and oxygen atoms in total. The summed E-state index contributed by atoms with van der Waals surface area (Å²) in [6, 6.07) is 0. The van der Waals surface area contributed by atoms with Crippen LogP contribution < -0.4 is 5.32 Å². The number of ether oxygens (including phenoxy) is 2. The van der Waals surface area contributed by atoms with E-state index in [0.717, 1.165) is 0 Å². The minimum Gasteiger partial charge on any atom is -0.459 e. The Labute approximate surface area is 108 Å². The summed E-state index contributed by atoms with van der Waals surface area (Å²) in [4.78, 5) is 22.6. The van der Waals surface area contributed by atoms with Crippen LogP contribution in [-0.4, -0.2) is 30.7 Å². The summed E-state index contributed by atoms with van der Waals surface area (Å²) in [5.41, 5.74) is 0.0224. The summed E-state index contributed by atoms with van der Waals surface area (Å²) >= 11 is 0. The van der Waals surface area contributed by atoms with Crippen LogP contribution in [0.1, 0.15) is 27.7 Å². The molecular weight excluding hydrogens is 234 g/mol. The zero-order chi connectivity index (χ0) is 14.2. The predicted molar refractivity (Wildman–Crippen MR) is 68.8 cm³/mol. The Balaban J connectivity index is 4.05. The molecule has 0 aliphatic carbocycles. The van der Waals surface area contributed by atoms with Crippen molar-refractivity contribution in [2.24, 2.45) is 0 Å². The SMILES string of the molecule is C=CCOC(=O)/C=C(\C)NCC(=O)OC(C)(C)C. The number of hydrogen-bond acceptors (Lipinski definition) is 5. The zero-order valence-electron chi connectivity index (χ0n) is 11.4. The lowest BCUT2D eigenvalue weighted by Gasteiger charge is -2.19. The molecule has 0 aromatic rings. The van der Waals surface area contributed by atoms with Gasteiger partial charge in [-0.25, -0.2) is 4.79 Å². The smallest absolute Gasteiger partial charge is 0.332 e. The van der Waals surface area contributed by atoms with Gasteiger partial charge in [-0.05, 0) is 27.7 Å². The van der Waals surface area contributed by atoms with Crippen molar-refractivity contribution in [3.8, 4) is 0 Å². The van der Waals surface area contributed by atoms with E-state index in [0.29, 0.717) is 5.70 Å². The predicted octanol–water partition coefficient (Wildman–Crippen LogP) is 1.55. The molecule has 0 aromatic heterocycles. The van der Waals surface area contributed by atoms with Crippen LogP contribution >= 0.6 is 0 Å². The third-order valence-electron chi connectivity index (χ3n) is 1.61. The normalized spacial score (nSPS) is 11.7. The van der Waals surface area contributed by atoms with E-state index in [1.165, 1.54) is 12.2 Å². The van der Waals surface area contributed by atoms with Crippen molar-refractivity contribution in [1.82, 2.24) is 5.32 Å². The topological polar surface area (TPSA) is 64.6 Å². The second-order valence-corrected chi connectivity index (χ2v) is 4.69. The lowest BCUT2D eigenvalue weighted by molar-refractivity contribution is -0.153. The van der Waals surface area contributed by atoms with Gasteiger partial charge in [-0.3, -0.25) is 4.79 Å². The van der Waals surface area contributed by atoms with Crippen LogP contribution in [0.5, 0.6) is 0 Å². The van der Waals surface area contributed by atoms with E-state index in [-0.39, 0.29) is 19.1 Å². The first-order valence-corrected chi connectivity index (χ1v) is 5.66. The average Bonchev–Trinajstić information content (AvgIpc) is 2.21. The highest BCUT2D eigenvalue weighted by molar-refractivity contribution is 5.82. The Morgan fingerprint density at radius 1 is 1.33 bits per heavy atom. The number of carbonyl (C=O) groups is 2. The number of hydrogen-bond donors (Lipinski definition) is 1. The Hall–Kier alpha value is -1.78. The van der Waals surface area contributed by atoms with E-state index >= 15 is 0 Å². The summed E-state index contributed by atoms with van der Waals surface area (Å²) in [5, 5.41) is 2.77. The summed E-state index contributed by atoms with van der Waals surface area (Å²) in [6.07, 6.45) is 2.75. The molecule has 0 amide bonds. The standard InChI is InChI=1S/C13H21NO4/c1-6-7-17-11(15)8-10(2)14-9-12(16)18-13(3,4)5/h6,8,14H,1,7,9H2,2-5H3/b10-8+. The first-order chi connectivity index (χ1) is 8.24. The lowest BCUT2D eigenvalue weighted by Crippen LogP contribution is -2.31. The summed E-state index contributed by atoms with van der Waals surface area (Å²) in [6.45, 7) is 10.6. The summed E-state index contributed by atoms with van der Waals surface area (Å²) in [5.74, 6) is -0.862. The molecule has 0 rings (SSSR count). The van der Waals surface area contributed by atoms with Crippen molar-refractivity contribution in [1.29, 1.82) is 0 Å². The highest BCUT2D eigenvalue weighted by atomic mass is 16.6. The maximum atomic E-state index is 11.4. The van der Waals surface area contributed by atoms with Gasteiger partial charge in [-0.15, -0.1) is 0 Å². The van der Waals surface area contributed by atoms with Gasteiger partial charge < -0.3 is 14.8 Å². The summed E-state index contributed by atoms with van der Waals surface area (Å²) in [7, 11) is 0. The second kappa shape index (κ2) is 7.53. The Morgan fingerprint density at radius 2 is 1.94 bits per heavy atom. The van der Waals surface area contributed by atoms with Gasteiger partial charge in [0.2, 0.25) is 0 Å². The molecule has 0 atom stereocenters. The molecule has 0 aliphatic rings. The Morgan fingerprint density at radius 3 is 2.44 bits per heavy atom. The van der Waals surface area contributed by atoms with E-state index in [1.54, 1.807) is 27.7 Å². The lowest BCUT2D eigenvalue weighted by atomic mass is 10.2. The van der Waals surface area contributed by atoms with Crippen molar-refractivity contribution in [2.75, 3.05) is 13.2 Å². The van der Waals surface area contributed by atoms with Gasteiger partial charge in [0, 0.05) is 11.8 Å². The molecule has 102 valence electrons. The van der Waals surface area contributed by atoms with E-state index in [4.69, 9.17) is 9.47 Å². The molecule has 0 saturated heterocycles. The minimum atomic E-state index is -0.515. The molecule has 1 N–H and O–H groups in total. The molecule has 0 aromatic carbocycles. The maximum absolute atomic E-state index is 11.4. The fraction of sp³-hybridized carbons (Fsp3) is 0.538. The van der Waals surface area contributed by atoms with Gasteiger partial charge in [0.15, 0.2) is 0 Å². The van der Waals surface area contributed by atoms with Crippen LogP contribution in [0.25, 0.3) is 0 Å². The fourth-order valence-electron chi connectivity index (χ4n) is 1.000. The molecule has 5 heteroatoms.